The molecule has 150 valence electrons. The zero-order chi connectivity index (χ0) is 19.0. The summed E-state index contributed by atoms with van der Waals surface area (Å²) in [6.45, 7) is 2.13. The highest BCUT2D eigenvalue weighted by atomic mass is 32.1. The molecule has 28 heavy (non-hydrogen) atoms. The van der Waals surface area contributed by atoms with Crippen LogP contribution in [0.5, 0.6) is 0 Å². The molecule has 6 rings (SSSR count). The molecule has 2 heterocycles. The lowest BCUT2D eigenvalue weighted by molar-refractivity contribution is -0.0601. The van der Waals surface area contributed by atoms with Gasteiger partial charge in [-0.05, 0) is 124 Å². The molecule has 4 saturated carbocycles. The molecule has 2 aromatic heterocycles. The third-order valence-electron chi connectivity index (χ3n) is 8.00. The molecule has 2 aromatic rings. The van der Waals surface area contributed by atoms with Crippen molar-refractivity contribution in [2.75, 3.05) is 0 Å². The van der Waals surface area contributed by atoms with E-state index in [1.54, 1.807) is 49.9 Å². The van der Waals surface area contributed by atoms with Crippen molar-refractivity contribution in [3.63, 3.8) is 0 Å². The second-order valence-corrected chi connectivity index (χ2v) is 11.3. The van der Waals surface area contributed by atoms with Gasteiger partial charge in [0, 0.05) is 17.8 Å². The van der Waals surface area contributed by atoms with Crippen molar-refractivity contribution in [1.82, 2.24) is 9.97 Å². The van der Waals surface area contributed by atoms with Crippen LogP contribution in [0.25, 0.3) is 0 Å². The number of rotatable bonds is 8. The fourth-order valence-corrected chi connectivity index (χ4v) is 7.80. The number of aryl methyl sites for hydroxylation is 2. The van der Waals surface area contributed by atoms with Crippen LogP contribution in [0, 0.1) is 36.0 Å². The summed E-state index contributed by atoms with van der Waals surface area (Å²) in [5, 5.41) is 3.50. The van der Waals surface area contributed by atoms with E-state index in [9.17, 15) is 0 Å². The van der Waals surface area contributed by atoms with Crippen molar-refractivity contribution in [2.24, 2.45) is 29.1 Å². The number of nitrogens with zero attached hydrogens (tertiary/aromatic N) is 2. The Kier molecular flexibility index (Phi) is 5.30. The average Bonchev–Trinajstić information content (AvgIpc) is 3.08. The maximum atomic E-state index is 4.79. The molecule has 0 saturated heterocycles. The Morgan fingerprint density at radius 3 is 2.32 bits per heavy atom. The van der Waals surface area contributed by atoms with E-state index >= 15 is 0 Å². The van der Waals surface area contributed by atoms with Gasteiger partial charge in [0.15, 0.2) is 0 Å². The number of aromatic nitrogens is 2. The van der Waals surface area contributed by atoms with Gasteiger partial charge in [0.2, 0.25) is 0 Å². The number of thiazole rings is 1. The Bertz CT molecular complexity index is 746. The molecule has 4 aliphatic carbocycles. The Balaban J connectivity index is 1.24. The van der Waals surface area contributed by atoms with Crippen LogP contribution < -0.4 is 0 Å². The predicted molar refractivity (Wildman–Crippen MR) is 116 cm³/mol. The van der Waals surface area contributed by atoms with Gasteiger partial charge in [0.1, 0.15) is 0 Å². The SMILES string of the molecule is Cc1nc(CC(CCc2ccncc2)CCC23CC4CC(CC(C4)C2)C3)cs1. The topological polar surface area (TPSA) is 25.8 Å². The van der Waals surface area contributed by atoms with Crippen LogP contribution in [0.1, 0.15) is 74.1 Å². The Hall–Kier alpha value is -1.22. The zero-order valence-electron chi connectivity index (χ0n) is 17.3. The van der Waals surface area contributed by atoms with Crippen LogP contribution in [-0.2, 0) is 12.8 Å². The first kappa shape index (κ1) is 18.8. The Morgan fingerprint density at radius 2 is 1.71 bits per heavy atom. The van der Waals surface area contributed by atoms with Gasteiger partial charge in [-0.3, -0.25) is 4.98 Å². The van der Waals surface area contributed by atoms with Crippen molar-refractivity contribution in [3.05, 3.63) is 46.2 Å². The number of hydrogen-bond acceptors (Lipinski definition) is 3. The summed E-state index contributed by atoms with van der Waals surface area (Å²) >= 11 is 1.81. The molecule has 0 aliphatic heterocycles. The van der Waals surface area contributed by atoms with E-state index in [-0.39, 0.29) is 0 Å². The number of pyridine rings is 1. The lowest BCUT2D eigenvalue weighted by Crippen LogP contribution is -2.46. The highest BCUT2D eigenvalue weighted by molar-refractivity contribution is 7.09. The average molecular weight is 395 g/mol. The van der Waals surface area contributed by atoms with Crippen LogP contribution >= 0.6 is 11.3 Å². The molecule has 0 radical (unpaired) electrons. The summed E-state index contributed by atoms with van der Waals surface area (Å²) in [4.78, 5) is 8.97. The smallest absolute Gasteiger partial charge is 0.0897 e. The summed E-state index contributed by atoms with van der Waals surface area (Å²) in [6.07, 6.45) is 19.7. The van der Waals surface area contributed by atoms with Crippen molar-refractivity contribution >= 4 is 11.3 Å². The maximum Gasteiger partial charge on any atom is 0.0897 e. The van der Waals surface area contributed by atoms with E-state index in [4.69, 9.17) is 4.98 Å². The Labute approximate surface area is 174 Å². The molecule has 0 aromatic carbocycles. The third-order valence-corrected chi connectivity index (χ3v) is 8.83. The minimum Gasteiger partial charge on any atom is -0.265 e. The second-order valence-electron chi connectivity index (χ2n) is 10.3. The van der Waals surface area contributed by atoms with Gasteiger partial charge in [0.05, 0.1) is 10.7 Å². The van der Waals surface area contributed by atoms with E-state index in [1.807, 2.05) is 12.4 Å². The molecule has 1 unspecified atom stereocenters. The molecule has 4 aliphatic rings. The van der Waals surface area contributed by atoms with Gasteiger partial charge in [-0.15, -0.1) is 11.3 Å². The van der Waals surface area contributed by atoms with Crippen molar-refractivity contribution in [1.29, 1.82) is 0 Å². The standard InChI is InChI=1S/C25H34N2S/c1-18-27-24(17-28-18)13-20(3-2-19-5-8-26-9-6-19)4-7-25-14-21-10-22(15-25)12-23(11-21)16-25/h5-6,8-9,17,20-23H,2-4,7,10-16H2,1H3. The van der Waals surface area contributed by atoms with Gasteiger partial charge in [0.25, 0.3) is 0 Å². The van der Waals surface area contributed by atoms with Gasteiger partial charge in [-0.2, -0.15) is 0 Å². The predicted octanol–water partition coefficient (Wildman–Crippen LogP) is 6.63. The minimum absolute atomic E-state index is 0.710. The van der Waals surface area contributed by atoms with Gasteiger partial charge < -0.3 is 0 Å². The highest BCUT2D eigenvalue weighted by Crippen LogP contribution is 2.61. The van der Waals surface area contributed by atoms with Crippen molar-refractivity contribution < 1.29 is 0 Å². The van der Waals surface area contributed by atoms with Crippen LogP contribution in [0.4, 0.5) is 0 Å². The van der Waals surface area contributed by atoms with Gasteiger partial charge in [-0.25, -0.2) is 4.98 Å². The molecule has 1 atom stereocenters. The van der Waals surface area contributed by atoms with Crippen LogP contribution in [0.3, 0.4) is 0 Å². The number of hydrogen-bond donors (Lipinski definition) is 0. The van der Waals surface area contributed by atoms with Crippen molar-refractivity contribution in [3.8, 4) is 0 Å². The quantitative estimate of drug-likeness (QED) is 0.502. The largest absolute Gasteiger partial charge is 0.265 e. The second kappa shape index (κ2) is 7.89. The molecule has 0 N–H and O–H groups in total. The fraction of sp³-hybridized carbons (Fsp3) is 0.680. The van der Waals surface area contributed by atoms with E-state index < -0.39 is 0 Å². The van der Waals surface area contributed by atoms with E-state index in [2.05, 4.69) is 29.4 Å². The summed E-state index contributed by atoms with van der Waals surface area (Å²) in [7, 11) is 0. The summed E-state index contributed by atoms with van der Waals surface area (Å²) in [5.74, 6) is 3.98. The molecular weight excluding hydrogens is 360 g/mol. The third kappa shape index (κ3) is 4.20. The minimum atomic E-state index is 0.710. The van der Waals surface area contributed by atoms with Crippen LogP contribution in [0.2, 0.25) is 0 Å². The van der Waals surface area contributed by atoms with Gasteiger partial charge in [-0.1, -0.05) is 0 Å². The molecular formula is C25H34N2S. The van der Waals surface area contributed by atoms with Crippen LogP contribution in [0.15, 0.2) is 29.9 Å². The van der Waals surface area contributed by atoms with E-state index in [0.717, 1.165) is 23.7 Å². The summed E-state index contributed by atoms with van der Waals surface area (Å²) in [5.41, 5.74) is 3.47. The fourth-order valence-electron chi connectivity index (χ4n) is 7.17. The van der Waals surface area contributed by atoms with E-state index in [1.165, 1.54) is 48.4 Å². The first-order valence-corrected chi connectivity index (χ1v) is 12.3. The molecule has 4 bridgehead atoms. The van der Waals surface area contributed by atoms with Gasteiger partial charge >= 0.3 is 0 Å². The first-order valence-electron chi connectivity index (χ1n) is 11.5. The van der Waals surface area contributed by atoms with Crippen LogP contribution in [-0.4, -0.2) is 9.97 Å². The lowest BCUT2D eigenvalue weighted by Gasteiger charge is -2.57. The molecule has 2 nitrogen and oxygen atoms in total. The summed E-state index contributed by atoms with van der Waals surface area (Å²) < 4.78 is 0. The van der Waals surface area contributed by atoms with E-state index in [0.29, 0.717) is 5.41 Å². The highest BCUT2D eigenvalue weighted by Gasteiger charge is 2.50. The molecule has 3 heteroatoms. The normalized spacial score (nSPS) is 32.0. The first-order chi connectivity index (χ1) is 13.7. The maximum absolute atomic E-state index is 4.79. The zero-order valence-corrected chi connectivity index (χ0v) is 18.1. The molecule has 4 fully saturated rings. The lowest BCUT2D eigenvalue weighted by atomic mass is 9.48. The monoisotopic (exact) mass is 394 g/mol. The Morgan fingerprint density at radius 1 is 1.04 bits per heavy atom. The molecule has 0 spiro atoms. The summed E-state index contributed by atoms with van der Waals surface area (Å²) in [6, 6.07) is 4.37. The molecule has 0 amide bonds. The van der Waals surface area contributed by atoms with Crippen molar-refractivity contribution in [2.45, 2.75) is 77.6 Å².